The highest BCUT2D eigenvalue weighted by Gasteiger charge is 2.17. The van der Waals surface area contributed by atoms with Crippen molar-refractivity contribution in [3.63, 3.8) is 0 Å². The van der Waals surface area contributed by atoms with Crippen molar-refractivity contribution in [3.05, 3.63) is 76.9 Å². The molecule has 0 fully saturated rings. The number of carbonyl (C=O) groups excluding carboxylic acids is 1. The van der Waals surface area contributed by atoms with Crippen molar-refractivity contribution in [2.24, 2.45) is 0 Å². The number of nitrogens with one attached hydrogen (secondary N) is 3. The number of carbonyl (C=O) groups is 1. The number of halogens is 2. The van der Waals surface area contributed by atoms with Crippen LogP contribution in [0.5, 0.6) is 11.5 Å². The number of amides is 1. The summed E-state index contributed by atoms with van der Waals surface area (Å²) in [6.07, 6.45) is 2.94. The van der Waals surface area contributed by atoms with Crippen molar-refractivity contribution in [2.75, 3.05) is 30.2 Å². The fourth-order valence-corrected chi connectivity index (χ4v) is 3.49. The summed E-state index contributed by atoms with van der Waals surface area (Å²) in [7, 11) is 3.05. The van der Waals surface area contributed by atoms with Gasteiger partial charge in [0.05, 0.1) is 31.3 Å². The molecule has 3 rings (SSSR count). The van der Waals surface area contributed by atoms with Crippen LogP contribution in [-0.2, 0) is 11.3 Å². The van der Waals surface area contributed by atoms with E-state index in [1.165, 1.54) is 20.3 Å². The fraction of sp³-hybridized carbons (Fsp3) is 0.130. The van der Waals surface area contributed by atoms with E-state index in [0.29, 0.717) is 51.0 Å². The van der Waals surface area contributed by atoms with E-state index in [-0.39, 0.29) is 5.91 Å². The fourth-order valence-electron chi connectivity index (χ4n) is 2.86. The molecule has 9 heteroatoms. The van der Waals surface area contributed by atoms with E-state index in [2.05, 4.69) is 27.5 Å². The predicted molar refractivity (Wildman–Crippen MR) is 130 cm³/mol. The maximum atomic E-state index is 11.6. The van der Waals surface area contributed by atoms with Crippen molar-refractivity contribution >= 4 is 52.0 Å². The summed E-state index contributed by atoms with van der Waals surface area (Å²) in [6, 6.07) is 12.7. The van der Waals surface area contributed by atoms with E-state index in [9.17, 15) is 4.79 Å². The van der Waals surface area contributed by atoms with E-state index >= 15 is 0 Å². The number of pyridine rings is 1. The highest BCUT2D eigenvalue weighted by atomic mass is 35.5. The maximum absolute atomic E-state index is 11.6. The van der Waals surface area contributed by atoms with Gasteiger partial charge in [0.15, 0.2) is 0 Å². The quantitative estimate of drug-likeness (QED) is 0.337. The Hall–Kier alpha value is -3.42. The number of ether oxygens (including phenoxy) is 2. The lowest BCUT2D eigenvalue weighted by atomic mass is 10.2. The Labute approximate surface area is 196 Å². The zero-order valence-corrected chi connectivity index (χ0v) is 19.1. The summed E-state index contributed by atoms with van der Waals surface area (Å²) in [5.74, 6) is 1.24. The van der Waals surface area contributed by atoms with Crippen LogP contribution in [0.2, 0.25) is 10.0 Å². The van der Waals surface area contributed by atoms with Gasteiger partial charge in [-0.25, -0.2) is 4.98 Å². The van der Waals surface area contributed by atoms with Gasteiger partial charge in [0.1, 0.15) is 27.4 Å². The van der Waals surface area contributed by atoms with Gasteiger partial charge < -0.3 is 25.4 Å². The van der Waals surface area contributed by atoms with E-state index in [0.717, 1.165) is 5.56 Å². The van der Waals surface area contributed by atoms with Crippen LogP contribution in [0.25, 0.3) is 0 Å². The average Bonchev–Trinajstić information content (AvgIpc) is 2.81. The molecular weight excluding hydrogens is 451 g/mol. The normalized spacial score (nSPS) is 10.2. The molecule has 0 saturated carbocycles. The molecule has 32 heavy (non-hydrogen) atoms. The third-order valence-corrected chi connectivity index (χ3v) is 5.25. The molecule has 0 unspecified atom stereocenters. The topological polar surface area (TPSA) is 84.5 Å². The number of hydrogen-bond acceptors (Lipinski definition) is 6. The number of anilines is 4. The van der Waals surface area contributed by atoms with Crippen LogP contribution in [0.3, 0.4) is 0 Å². The molecule has 3 N–H and O–H groups in total. The largest absolute Gasteiger partial charge is 0.495 e. The molecule has 1 heterocycles. The minimum Gasteiger partial charge on any atom is -0.495 e. The highest BCUT2D eigenvalue weighted by Crippen LogP contribution is 2.44. The summed E-state index contributed by atoms with van der Waals surface area (Å²) in [5.41, 5.74) is 2.75. The van der Waals surface area contributed by atoms with Gasteiger partial charge in [-0.2, -0.15) is 0 Å². The number of rotatable bonds is 9. The summed E-state index contributed by atoms with van der Waals surface area (Å²) in [4.78, 5) is 16.1. The Kier molecular flexibility index (Phi) is 7.81. The lowest BCUT2D eigenvalue weighted by Crippen LogP contribution is -2.09. The van der Waals surface area contributed by atoms with Crippen molar-refractivity contribution in [1.29, 1.82) is 0 Å². The molecule has 0 bridgehead atoms. The van der Waals surface area contributed by atoms with Gasteiger partial charge in [-0.05, 0) is 29.8 Å². The molecule has 1 aromatic heterocycles. The van der Waals surface area contributed by atoms with Gasteiger partial charge >= 0.3 is 0 Å². The van der Waals surface area contributed by atoms with Crippen LogP contribution in [0.15, 0.2) is 61.3 Å². The van der Waals surface area contributed by atoms with Gasteiger partial charge in [0.2, 0.25) is 5.91 Å². The van der Waals surface area contributed by atoms with Crippen molar-refractivity contribution in [3.8, 4) is 11.5 Å². The van der Waals surface area contributed by atoms with Gasteiger partial charge in [-0.15, -0.1) is 0 Å². The third-order valence-electron chi connectivity index (χ3n) is 4.50. The Morgan fingerprint density at radius 2 is 1.72 bits per heavy atom. The van der Waals surface area contributed by atoms with Crippen molar-refractivity contribution in [2.45, 2.75) is 6.54 Å². The van der Waals surface area contributed by atoms with Crippen molar-refractivity contribution in [1.82, 2.24) is 4.98 Å². The van der Waals surface area contributed by atoms with Crippen LogP contribution in [0, 0.1) is 0 Å². The molecule has 166 valence electrons. The minimum absolute atomic E-state index is 0.292. The van der Waals surface area contributed by atoms with Crippen LogP contribution in [-0.4, -0.2) is 25.1 Å². The lowest BCUT2D eigenvalue weighted by molar-refractivity contribution is -0.111. The molecule has 0 spiro atoms. The first kappa shape index (κ1) is 23.2. The van der Waals surface area contributed by atoms with Crippen molar-refractivity contribution < 1.29 is 14.3 Å². The monoisotopic (exact) mass is 472 g/mol. The first-order chi connectivity index (χ1) is 15.5. The zero-order valence-electron chi connectivity index (χ0n) is 17.5. The third kappa shape index (κ3) is 5.43. The Morgan fingerprint density at radius 1 is 1.06 bits per heavy atom. The number of methoxy groups -OCH3 is 2. The molecule has 1 amide bonds. The van der Waals surface area contributed by atoms with Gasteiger partial charge in [0.25, 0.3) is 0 Å². The molecule has 0 atom stereocenters. The molecule has 0 aliphatic carbocycles. The van der Waals surface area contributed by atoms with Crippen LogP contribution >= 0.6 is 23.2 Å². The molecule has 7 nitrogen and oxygen atoms in total. The number of benzene rings is 2. The zero-order chi connectivity index (χ0) is 23.1. The van der Waals surface area contributed by atoms with Crippen LogP contribution in [0.4, 0.5) is 22.9 Å². The molecule has 0 aliphatic heterocycles. The van der Waals surface area contributed by atoms with Gasteiger partial charge in [-0.1, -0.05) is 48.0 Å². The summed E-state index contributed by atoms with van der Waals surface area (Å²) < 4.78 is 10.6. The van der Waals surface area contributed by atoms with E-state index < -0.39 is 0 Å². The molecule has 0 saturated heterocycles. The lowest BCUT2D eigenvalue weighted by Gasteiger charge is -2.16. The maximum Gasteiger partial charge on any atom is 0.247 e. The molecule has 2 aromatic carbocycles. The smallest absolute Gasteiger partial charge is 0.247 e. The first-order valence-electron chi connectivity index (χ1n) is 9.55. The summed E-state index contributed by atoms with van der Waals surface area (Å²) in [5, 5.41) is 9.89. The molecule has 3 aromatic rings. The van der Waals surface area contributed by atoms with Gasteiger partial charge in [0, 0.05) is 18.8 Å². The second-order valence-electron chi connectivity index (χ2n) is 6.55. The second kappa shape index (κ2) is 10.7. The van der Waals surface area contributed by atoms with E-state index in [4.69, 9.17) is 32.7 Å². The SMILES string of the molecule is C=CC(=O)Nc1ccccc1Nc1ccc(CNc2c(Cl)c(OC)cc(OC)c2Cl)cn1. The molecule has 0 aliphatic rings. The predicted octanol–water partition coefficient (Wildman–Crippen LogP) is 5.89. The second-order valence-corrected chi connectivity index (χ2v) is 7.31. The minimum atomic E-state index is -0.292. The average molecular weight is 473 g/mol. The first-order valence-corrected chi connectivity index (χ1v) is 10.3. The number of para-hydroxylation sites is 2. The van der Waals surface area contributed by atoms with Crippen LogP contribution in [0.1, 0.15) is 5.56 Å². The summed E-state index contributed by atoms with van der Waals surface area (Å²) in [6.45, 7) is 3.89. The molecular formula is C23H22Cl2N4O3. The number of hydrogen-bond donors (Lipinski definition) is 3. The highest BCUT2D eigenvalue weighted by molar-refractivity contribution is 6.41. The molecule has 0 radical (unpaired) electrons. The summed E-state index contributed by atoms with van der Waals surface area (Å²) >= 11 is 12.8. The van der Waals surface area contributed by atoms with Crippen LogP contribution < -0.4 is 25.4 Å². The van der Waals surface area contributed by atoms with Gasteiger partial charge in [-0.3, -0.25) is 4.79 Å². The Bertz CT molecular complexity index is 1090. The Morgan fingerprint density at radius 3 is 2.28 bits per heavy atom. The number of aromatic nitrogens is 1. The number of nitrogens with zero attached hydrogens (tertiary/aromatic N) is 1. The van der Waals surface area contributed by atoms with E-state index in [1.807, 2.05) is 30.3 Å². The standard InChI is InChI=1S/C23H22Cl2N4O3/c1-4-20(30)29-16-8-6-5-7-15(16)28-19-10-9-14(12-26-19)13-27-23-21(24)17(31-2)11-18(32-3)22(23)25/h4-12,27H,1,13H2,2-3H3,(H,26,28)(H,29,30). The Balaban J connectivity index is 1.72. The van der Waals surface area contributed by atoms with E-state index in [1.54, 1.807) is 18.3 Å².